The molecule has 0 aliphatic rings. The molecule has 94 valence electrons. The van der Waals surface area contributed by atoms with Gasteiger partial charge < -0.3 is 4.74 Å². The van der Waals surface area contributed by atoms with Crippen LogP contribution in [-0.4, -0.2) is 0 Å². The highest BCUT2D eigenvalue weighted by atomic mass is 16.5. The van der Waals surface area contributed by atoms with Crippen LogP contribution in [0.2, 0.25) is 0 Å². The van der Waals surface area contributed by atoms with Gasteiger partial charge in [0.15, 0.2) is 0 Å². The van der Waals surface area contributed by atoms with Crippen molar-refractivity contribution in [1.29, 1.82) is 0 Å². The predicted octanol–water partition coefficient (Wildman–Crippen LogP) is 5.38. The molecule has 2 aromatic carbocycles. The smallest absolute Gasteiger partial charge is 0.127 e. The average molecular weight is 240 g/mol. The Kier molecular flexibility index (Phi) is 4.40. The molecule has 0 amide bonds. The van der Waals surface area contributed by atoms with Crippen LogP contribution in [0.25, 0.3) is 0 Å². The average Bonchev–Trinajstić information content (AvgIpc) is 2.40. The number of ether oxygens (including phenoxy) is 1. The largest absolute Gasteiger partial charge is 0.457 e. The Balaban J connectivity index is 2.12. The highest BCUT2D eigenvalue weighted by molar-refractivity contribution is 5.35. The Morgan fingerprint density at radius 1 is 0.944 bits per heavy atom. The summed E-state index contributed by atoms with van der Waals surface area (Å²) in [7, 11) is 0. The lowest BCUT2D eigenvalue weighted by Gasteiger charge is -2.12. The molecular weight excluding hydrogens is 220 g/mol. The van der Waals surface area contributed by atoms with E-state index in [2.05, 4.69) is 32.0 Å². The standard InChI is InChI=1S/C17H20O/c1-3-8-14(2)15-9-7-12-17(13-15)18-16-10-5-4-6-11-16/h4-7,9-14H,3,8H2,1-2H3. The van der Waals surface area contributed by atoms with E-state index in [-0.39, 0.29) is 0 Å². The minimum atomic E-state index is 0.592. The number of para-hydroxylation sites is 1. The summed E-state index contributed by atoms with van der Waals surface area (Å²) in [6, 6.07) is 18.3. The number of hydrogen-bond acceptors (Lipinski definition) is 1. The normalized spacial score (nSPS) is 12.1. The molecule has 0 N–H and O–H groups in total. The van der Waals surface area contributed by atoms with Crippen molar-refractivity contribution in [3.63, 3.8) is 0 Å². The molecule has 18 heavy (non-hydrogen) atoms. The van der Waals surface area contributed by atoms with Gasteiger partial charge in [-0.25, -0.2) is 0 Å². The lowest BCUT2D eigenvalue weighted by molar-refractivity contribution is 0.481. The lowest BCUT2D eigenvalue weighted by atomic mass is 9.96. The first-order valence-electron chi connectivity index (χ1n) is 6.62. The first kappa shape index (κ1) is 12.7. The third-order valence-corrected chi connectivity index (χ3v) is 3.13. The molecule has 0 aromatic heterocycles. The van der Waals surface area contributed by atoms with Gasteiger partial charge in [0.2, 0.25) is 0 Å². The first-order valence-corrected chi connectivity index (χ1v) is 6.62. The molecule has 1 nitrogen and oxygen atoms in total. The van der Waals surface area contributed by atoms with Crippen LogP contribution in [0, 0.1) is 0 Å². The van der Waals surface area contributed by atoms with E-state index in [1.54, 1.807) is 0 Å². The monoisotopic (exact) mass is 240 g/mol. The van der Waals surface area contributed by atoms with E-state index in [9.17, 15) is 0 Å². The maximum absolute atomic E-state index is 5.85. The van der Waals surface area contributed by atoms with Gasteiger partial charge >= 0.3 is 0 Å². The van der Waals surface area contributed by atoms with Crippen molar-refractivity contribution < 1.29 is 4.74 Å². The van der Waals surface area contributed by atoms with E-state index >= 15 is 0 Å². The minimum absolute atomic E-state index is 0.592. The molecule has 2 rings (SSSR count). The van der Waals surface area contributed by atoms with E-state index in [4.69, 9.17) is 4.74 Å². The van der Waals surface area contributed by atoms with Gasteiger partial charge in [-0.15, -0.1) is 0 Å². The van der Waals surface area contributed by atoms with Crippen LogP contribution in [0.1, 0.15) is 38.2 Å². The number of benzene rings is 2. The van der Waals surface area contributed by atoms with E-state index < -0.39 is 0 Å². The Bertz CT molecular complexity index is 476. The highest BCUT2D eigenvalue weighted by Gasteiger charge is 2.05. The van der Waals surface area contributed by atoms with E-state index in [0.29, 0.717) is 5.92 Å². The second kappa shape index (κ2) is 6.25. The summed E-state index contributed by atoms with van der Waals surface area (Å²) >= 11 is 0. The predicted molar refractivity (Wildman–Crippen MR) is 76.3 cm³/mol. The van der Waals surface area contributed by atoms with Crippen LogP contribution < -0.4 is 4.74 Å². The topological polar surface area (TPSA) is 9.23 Å². The molecule has 0 radical (unpaired) electrons. The van der Waals surface area contributed by atoms with Gasteiger partial charge in [0.25, 0.3) is 0 Å². The van der Waals surface area contributed by atoms with Gasteiger partial charge in [0.05, 0.1) is 0 Å². The quantitative estimate of drug-likeness (QED) is 0.681. The van der Waals surface area contributed by atoms with Gasteiger partial charge in [-0.3, -0.25) is 0 Å². The molecule has 0 saturated heterocycles. The van der Waals surface area contributed by atoms with Gasteiger partial charge in [-0.05, 0) is 42.2 Å². The van der Waals surface area contributed by atoms with Crippen molar-refractivity contribution in [2.75, 3.05) is 0 Å². The Morgan fingerprint density at radius 3 is 2.39 bits per heavy atom. The number of hydrogen-bond donors (Lipinski definition) is 0. The number of rotatable bonds is 5. The fourth-order valence-electron chi connectivity index (χ4n) is 2.11. The van der Waals surface area contributed by atoms with Crippen LogP contribution in [0.3, 0.4) is 0 Å². The lowest BCUT2D eigenvalue weighted by Crippen LogP contribution is -1.93. The summed E-state index contributed by atoms with van der Waals surface area (Å²) in [6.07, 6.45) is 2.43. The summed E-state index contributed by atoms with van der Waals surface area (Å²) in [5.41, 5.74) is 1.35. The van der Waals surface area contributed by atoms with Crippen LogP contribution in [-0.2, 0) is 0 Å². The van der Waals surface area contributed by atoms with Crippen molar-refractivity contribution in [1.82, 2.24) is 0 Å². The second-order valence-corrected chi connectivity index (χ2v) is 4.68. The second-order valence-electron chi connectivity index (χ2n) is 4.68. The van der Waals surface area contributed by atoms with Crippen LogP contribution in [0.4, 0.5) is 0 Å². The molecule has 0 aliphatic carbocycles. The maximum Gasteiger partial charge on any atom is 0.127 e. The molecular formula is C17H20O. The molecule has 0 saturated carbocycles. The van der Waals surface area contributed by atoms with Crippen LogP contribution in [0.5, 0.6) is 11.5 Å². The van der Waals surface area contributed by atoms with Gasteiger partial charge in [0, 0.05) is 0 Å². The molecule has 1 unspecified atom stereocenters. The Morgan fingerprint density at radius 2 is 1.67 bits per heavy atom. The Labute approximate surface area is 109 Å². The first-order chi connectivity index (χ1) is 8.79. The van der Waals surface area contributed by atoms with E-state index in [0.717, 1.165) is 11.5 Å². The van der Waals surface area contributed by atoms with Gasteiger partial charge in [-0.1, -0.05) is 50.6 Å². The zero-order valence-corrected chi connectivity index (χ0v) is 11.1. The molecule has 0 fully saturated rings. The van der Waals surface area contributed by atoms with Gasteiger partial charge in [-0.2, -0.15) is 0 Å². The van der Waals surface area contributed by atoms with Crippen molar-refractivity contribution in [3.05, 3.63) is 60.2 Å². The van der Waals surface area contributed by atoms with E-state index in [1.165, 1.54) is 18.4 Å². The molecule has 0 aliphatic heterocycles. The van der Waals surface area contributed by atoms with Crippen molar-refractivity contribution >= 4 is 0 Å². The Hall–Kier alpha value is -1.76. The van der Waals surface area contributed by atoms with E-state index in [1.807, 2.05) is 36.4 Å². The minimum Gasteiger partial charge on any atom is -0.457 e. The summed E-state index contributed by atoms with van der Waals surface area (Å²) in [5.74, 6) is 2.40. The zero-order valence-electron chi connectivity index (χ0n) is 11.1. The summed E-state index contributed by atoms with van der Waals surface area (Å²) in [6.45, 7) is 4.49. The molecule has 0 heterocycles. The fourth-order valence-corrected chi connectivity index (χ4v) is 2.11. The zero-order chi connectivity index (χ0) is 12.8. The fraction of sp³-hybridized carbons (Fsp3) is 0.294. The molecule has 1 atom stereocenters. The van der Waals surface area contributed by atoms with Crippen molar-refractivity contribution in [2.45, 2.75) is 32.6 Å². The SMILES string of the molecule is CCCC(C)c1cccc(Oc2ccccc2)c1. The van der Waals surface area contributed by atoms with Crippen molar-refractivity contribution in [3.8, 4) is 11.5 Å². The third kappa shape index (κ3) is 3.36. The molecule has 1 heteroatoms. The third-order valence-electron chi connectivity index (χ3n) is 3.13. The highest BCUT2D eigenvalue weighted by Crippen LogP contribution is 2.27. The molecule has 2 aromatic rings. The summed E-state index contributed by atoms with van der Waals surface area (Å²) in [5, 5.41) is 0. The maximum atomic E-state index is 5.85. The van der Waals surface area contributed by atoms with Crippen molar-refractivity contribution in [2.24, 2.45) is 0 Å². The van der Waals surface area contributed by atoms with Crippen LogP contribution in [0.15, 0.2) is 54.6 Å². The summed E-state index contributed by atoms with van der Waals surface area (Å²) in [4.78, 5) is 0. The van der Waals surface area contributed by atoms with Gasteiger partial charge in [0.1, 0.15) is 11.5 Å². The molecule has 0 bridgehead atoms. The van der Waals surface area contributed by atoms with Crippen LogP contribution >= 0.6 is 0 Å². The summed E-state index contributed by atoms with van der Waals surface area (Å²) < 4.78 is 5.85. The molecule has 0 spiro atoms.